The zero-order valence-electron chi connectivity index (χ0n) is 24.7. The zero-order chi connectivity index (χ0) is 31.8. The molecule has 2 aromatic rings. The second kappa shape index (κ2) is 15.2. The van der Waals surface area contributed by atoms with Gasteiger partial charge in [0.1, 0.15) is 11.4 Å². The molecule has 0 heterocycles. The lowest BCUT2D eigenvalue weighted by atomic mass is 9.90. The number of alkyl halides is 3. The number of nitrogens with one attached hydrogen (secondary N) is 1. The number of hydrogen-bond acceptors (Lipinski definition) is 8. The molecule has 0 saturated heterocycles. The zero-order valence-corrected chi connectivity index (χ0v) is 27.2. The Morgan fingerprint density at radius 3 is 2.21 bits per heavy atom. The Labute approximate surface area is 254 Å². The fraction of sp³-hybridized carbons (Fsp3) is 0.536. The number of methoxy groups -OCH3 is 1. The van der Waals surface area contributed by atoms with E-state index in [1.54, 1.807) is 45.9 Å². The highest BCUT2D eigenvalue weighted by atomic mass is 35.5. The number of aryl methyl sites for hydroxylation is 1. The molecule has 0 bridgehead atoms. The van der Waals surface area contributed by atoms with Crippen molar-refractivity contribution in [3.8, 4) is 5.75 Å². The molecule has 236 valence electrons. The molecule has 14 heteroatoms. The predicted octanol–water partition coefficient (Wildman–Crippen LogP) is 8.58. The van der Waals surface area contributed by atoms with Gasteiger partial charge in [-0.1, -0.05) is 29.4 Å². The molecule has 0 radical (unpaired) electrons. The van der Waals surface area contributed by atoms with E-state index in [-0.39, 0.29) is 30.0 Å². The van der Waals surface area contributed by atoms with Crippen molar-refractivity contribution >= 4 is 37.1 Å². The maximum atomic E-state index is 13.3. The number of rotatable bonds is 14. The van der Waals surface area contributed by atoms with Gasteiger partial charge in [-0.2, -0.15) is 13.2 Å². The summed E-state index contributed by atoms with van der Waals surface area (Å²) in [7, 11) is 0.671. The lowest BCUT2D eigenvalue weighted by molar-refractivity contribution is -0.137. The molecule has 1 N–H and O–H groups in total. The number of carbonyl (C=O) groups is 1. The van der Waals surface area contributed by atoms with Gasteiger partial charge in [-0.3, -0.25) is 4.57 Å². The summed E-state index contributed by atoms with van der Waals surface area (Å²) < 4.78 is 78.6. The van der Waals surface area contributed by atoms with Crippen molar-refractivity contribution in [2.75, 3.05) is 34.3 Å². The SMILES string of the molecule is COCOc1ccc(C(F)(F)F)cc1Sc1ccc(CC[C@@](C)(CCP(=O)(OC)OC)NC(=O)OC(C)(C)C)c(Cl)c1. The molecule has 0 saturated carbocycles. The number of halogens is 4. The van der Waals surface area contributed by atoms with E-state index in [9.17, 15) is 22.5 Å². The van der Waals surface area contributed by atoms with Gasteiger partial charge in [0.25, 0.3) is 0 Å². The fourth-order valence-corrected chi connectivity index (χ4v) is 6.38. The molecule has 0 spiro atoms. The molecule has 2 aromatic carbocycles. The van der Waals surface area contributed by atoms with E-state index in [0.717, 1.165) is 29.5 Å². The molecule has 1 amide bonds. The Morgan fingerprint density at radius 1 is 1.00 bits per heavy atom. The number of alkyl carbamates (subject to hydrolysis) is 1. The van der Waals surface area contributed by atoms with Crippen LogP contribution in [0.25, 0.3) is 0 Å². The first-order valence-electron chi connectivity index (χ1n) is 12.9. The Hall–Kier alpha value is -1.95. The molecule has 0 fully saturated rings. The highest BCUT2D eigenvalue weighted by Gasteiger charge is 2.34. The lowest BCUT2D eigenvalue weighted by Crippen LogP contribution is -2.48. The Kier molecular flexibility index (Phi) is 13.1. The molecule has 42 heavy (non-hydrogen) atoms. The number of carbonyl (C=O) groups excluding carboxylic acids is 1. The van der Waals surface area contributed by atoms with Crippen LogP contribution in [0.1, 0.15) is 51.7 Å². The van der Waals surface area contributed by atoms with E-state index in [4.69, 9.17) is 34.9 Å². The average molecular weight is 656 g/mol. The summed E-state index contributed by atoms with van der Waals surface area (Å²) in [6.45, 7) is 6.93. The molecule has 1 atom stereocenters. The standard InChI is InChI=1S/C28H38ClF3NO7PS/c1-26(2,3)40-25(34)33-27(4,14-15-41(35,37-6)38-7)13-12-19-8-10-21(17-22(19)29)42-24-16-20(28(30,31)32)9-11-23(24)39-18-36-5/h8-11,16-17H,12-15,18H2,1-7H3,(H,33,34)/t27-/m0/s1. The first-order chi connectivity index (χ1) is 19.4. The van der Waals surface area contributed by atoms with Gasteiger partial charge in [-0.05, 0) is 82.9 Å². The molecule has 0 aromatic heterocycles. The van der Waals surface area contributed by atoms with Gasteiger partial charge < -0.3 is 28.6 Å². The third kappa shape index (κ3) is 11.6. The number of hydrogen-bond donors (Lipinski definition) is 1. The molecule has 0 unspecified atom stereocenters. The van der Waals surface area contributed by atoms with Crippen molar-refractivity contribution in [3.05, 3.63) is 52.5 Å². The molecular weight excluding hydrogens is 618 g/mol. The van der Waals surface area contributed by atoms with Gasteiger partial charge in [0, 0.05) is 36.8 Å². The van der Waals surface area contributed by atoms with Gasteiger partial charge in [0.05, 0.1) is 16.6 Å². The summed E-state index contributed by atoms with van der Waals surface area (Å²) >= 11 is 7.67. The molecular formula is C28H38ClF3NO7PS. The second-order valence-electron chi connectivity index (χ2n) is 10.7. The number of amides is 1. The van der Waals surface area contributed by atoms with Crippen LogP contribution >= 0.6 is 31.0 Å². The van der Waals surface area contributed by atoms with Crippen LogP contribution in [0.15, 0.2) is 46.2 Å². The highest BCUT2D eigenvalue weighted by molar-refractivity contribution is 7.99. The van der Waals surface area contributed by atoms with Crippen molar-refractivity contribution in [2.45, 2.75) is 74.1 Å². The van der Waals surface area contributed by atoms with E-state index >= 15 is 0 Å². The van der Waals surface area contributed by atoms with Crippen LogP contribution in [0.2, 0.25) is 5.02 Å². The van der Waals surface area contributed by atoms with Crippen LogP contribution in [-0.2, 0) is 35.7 Å². The monoisotopic (exact) mass is 655 g/mol. The minimum absolute atomic E-state index is 0.0556. The third-order valence-corrected chi connectivity index (χ3v) is 9.36. The van der Waals surface area contributed by atoms with E-state index in [1.165, 1.54) is 27.4 Å². The molecule has 0 aliphatic heterocycles. The maximum Gasteiger partial charge on any atom is 0.416 e. The Morgan fingerprint density at radius 2 is 1.67 bits per heavy atom. The topological polar surface area (TPSA) is 92.3 Å². The third-order valence-electron chi connectivity index (χ3n) is 6.10. The van der Waals surface area contributed by atoms with Gasteiger partial charge >= 0.3 is 19.9 Å². The fourth-order valence-electron chi connectivity index (χ4n) is 3.78. The molecule has 2 rings (SSSR count). The quantitative estimate of drug-likeness (QED) is 0.160. The summed E-state index contributed by atoms with van der Waals surface area (Å²) in [6.07, 6.45) is -4.01. The van der Waals surface area contributed by atoms with Crippen molar-refractivity contribution in [1.82, 2.24) is 5.32 Å². The first kappa shape index (κ1) is 36.2. The number of ether oxygens (including phenoxy) is 3. The Balaban J connectivity index is 2.26. The second-order valence-corrected chi connectivity index (χ2v) is 14.6. The molecule has 0 aliphatic carbocycles. The van der Waals surface area contributed by atoms with Crippen LogP contribution in [-0.4, -0.2) is 51.5 Å². The lowest BCUT2D eigenvalue weighted by Gasteiger charge is -2.33. The van der Waals surface area contributed by atoms with E-state index in [2.05, 4.69) is 5.32 Å². The summed E-state index contributed by atoms with van der Waals surface area (Å²) in [5, 5.41) is 3.28. The van der Waals surface area contributed by atoms with Gasteiger partial charge in [-0.15, -0.1) is 0 Å². The largest absolute Gasteiger partial charge is 0.466 e. The molecule has 0 aliphatic rings. The number of benzene rings is 2. The van der Waals surface area contributed by atoms with Crippen molar-refractivity contribution in [2.24, 2.45) is 0 Å². The summed E-state index contributed by atoms with van der Waals surface area (Å²) in [6, 6.07) is 8.40. The normalized spacial score (nSPS) is 13.9. The van der Waals surface area contributed by atoms with Crippen LogP contribution in [0.5, 0.6) is 5.75 Å². The average Bonchev–Trinajstić information content (AvgIpc) is 2.89. The van der Waals surface area contributed by atoms with E-state index in [1.807, 2.05) is 0 Å². The molecule has 8 nitrogen and oxygen atoms in total. The van der Waals surface area contributed by atoms with Crippen LogP contribution in [0.4, 0.5) is 18.0 Å². The van der Waals surface area contributed by atoms with Gasteiger partial charge in [0.15, 0.2) is 6.79 Å². The first-order valence-corrected chi connectivity index (χ1v) is 15.9. The van der Waals surface area contributed by atoms with Crippen LogP contribution in [0.3, 0.4) is 0 Å². The minimum atomic E-state index is -4.52. The van der Waals surface area contributed by atoms with E-state index in [0.29, 0.717) is 22.8 Å². The highest BCUT2D eigenvalue weighted by Crippen LogP contribution is 2.48. The summed E-state index contributed by atoms with van der Waals surface area (Å²) in [5.74, 6) is 0.239. The smallest absolute Gasteiger partial charge is 0.416 e. The van der Waals surface area contributed by atoms with Crippen LogP contribution in [0, 0.1) is 0 Å². The maximum absolute atomic E-state index is 13.3. The van der Waals surface area contributed by atoms with Crippen molar-refractivity contribution in [1.29, 1.82) is 0 Å². The van der Waals surface area contributed by atoms with Crippen molar-refractivity contribution in [3.63, 3.8) is 0 Å². The van der Waals surface area contributed by atoms with Crippen molar-refractivity contribution < 1.29 is 45.8 Å². The minimum Gasteiger partial charge on any atom is -0.466 e. The van der Waals surface area contributed by atoms with Gasteiger partial charge in [-0.25, -0.2) is 4.79 Å². The van der Waals surface area contributed by atoms with Crippen LogP contribution < -0.4 is 10.1 Å². The summed E-state index contributed by atoms with van der Waals surface area (Å²) in [5.41, 5.74) is -1.64. The predicted molar refractivity (Wildman–Crippen MR) is 157 cm³/mol. The Bertz CT molecular complexity index is 1250. The summed E-state index contributed by atoms with van der Waals surface area (Å²) in [4.78, 5) is 13.5. The van der Waals surface area contributed by atoms with Gasteiger partial charge in [0.2, 0.25) is 0 Å². The van der Waals surface area contributed by atoms with E-state index < -0.39 is 36.6 Å².